The fourth-order valence-corrected chi connectivity index (χ4v) is 2.40. The minimum absolute atomic E-state index is 0.105. The van der Waals surface area contributed by atoms with Crippen molar-refractivity contribution in [3.8, 4) is 17.6 Å². The molecule has 9 heteroatoms. The molecule has 0 aromatic heterocycles. The summed E-state index contributed by atoms with van der Waals surface area (Å²) in [6, 6.07) is 3.54. The molecule has 0 bridgehead atoms. The molecule has 0 unspecified atom stereocenters. The summed E-state index contributed by atoms with van der Waals surface area (Å²) in [5.74, 6) is -1.09. The van der Waals surface area contributed by atoms with E-state index < -0.39 is 26.3 Å². The van der Waals surface area contributed by atoms with Crippen LogP contribution in [0.4, 0.5) is 8.78 Å². The molecule has 0 radical (unpaired) electrons. The first-order valence-corrected chi connectivity index (χ1v) is 6.62. The van der Waals surface area contributed by atoms with Gasteiger partial charge in [0, 0.05) is 10.7 Å². The first-order chi connectivity index (χ1) is 8.29. The van der Waals surface area contributed by atoms with E-state index in [1.54, 1.807) is 6.07 Å². The van der Waals surface area contributed by atoms with Crippen molar-refractivity contribution in [2.45, 2.75) is 11.5 Å². The van der Waals surface area contributed by atoms with Crippen LogP contribution in [0.1, 0.15) is 5.56 Å². The van der Waals surface area contributed by atoms with Crippen molar-refractivity contribution >= 4 is 19.7 Å². The molecule has 0 aliphatic heterocycles. The highest BCUT2D eigenvalue weighted by atomic mass is 35.7. The van der Waals surface area contributed by atoms with Crippen LogP contribution < -0.4 is 9.47 Å². The van der Waals surface area contributed by atoms with Crippen molar-refractivity contribution in [3.05, 3.63) is 17.7 Å². The first kappa shape index (κ1) is 14.5. The van der Waals surface area contributed by atoms with Gasteiger partial charge in [-0.3, -0.25) is 0 Å². The van der Waals surface area contributed by atoms with Crippen LogP contribution in [0.15, 0.2) is 17.0 Å². The largest absolute Gasteiger partial charge is 0.495 e. The normalized spacial score (nSPS) is 11.1. The SMILES string of the molecule is COc1cc(C#N)cc(OC(F)F)c1S(=O)(=O)Cl. The Labute approximate surface area is 106 Å². The molecule has 0 heterocycles. The zero-order valence-corrected chi connectivity index (χ0v) is 10.4. The highest BCUT2D eigenvalue weighted by Crippen LogP contribution is 2.37. The van der Waals surface area contributed by atoms with E-state index in [0.717, 1.165) is 19.2 Å². The lowest BCUT2D eigenvalue weighted by Crippen LogP contribution is -2.07. The summed E-state index contributed by atoms with van der Waals surface area (Å²) in [4.78, 5) is -0.744. The minimum atomic E-state index is -4.37. The Hall–Kier alpha value is -1.59. The number of alkyl halides is 2. The Kier molecular flexibility index (Phi) is 4.32. The van der Waals surface area contributed by atoms with Gasteiger partial charge in [0.15, 0.2) is 10.6 Å². The van der Waals surface area contributed by atoms with Gasteiger partial charge in [0.05, 0.1) is 18.7 Å². The van der Waals surface area contributed by atoms with Crippen molar-refractivity contribution in [3.63, 3.8) is 0 Å². The number of hydrogen-bond donors (Lipinski definition) is 0. The molecule has 0 amide bonds. The molecule has 98 valence electrons. The Morgan fingerprint density at radius 1 is 1.39 bits per heavy atom. The second kappa shape index (κ2) is 5.37. The molecule has 0 N–H and O–H groups in total. The van der Waals surface area contributed by atoms with Gasteiger partial charge in [-0.2, -0.15) is 14.0 Å². The van der Waals surface area contributed by atoms with E-state index in [1.807, 2.05) is 0 Å². The van der Waals surface area contributed by atoms with Gasteiger partial charge in [-0.05, 0) is 12.1 Å². The number of benzene rings is 1. The van der Waals surface area contributed by atoms with Gasteiger partial charge in [0.2, 0.25) is 0 Å². The monoisotopic (exact) mass is 297 g/mol. The topological polar surface area (TPSA) is 76.4 Å². The maximum absolute atomic E-state index is 12.2. The summed E-state index contributed by atoms with van der Waals surface area (Å²) in [6.45, 7) is -3.26. The lowest BCUT2D eigenvalue weighted by Gasteiger charge is -2.12. The summed E-state index contributed by atoms with van der Waals surface area (Å²) < 4.78 is 55.7. The van der Waals surface area contributed by atoms with Crippen LogP contribution in [-0.2, 0) is 9.05 Å². The van der Waals surface area contributed by atoms with Crippen LogP contribution >= 0.6 is 10.7 Å². The van der Waals surface area contributed by atoms with E-state index in [-0.39, 0.29) is 11.3 Å². The lowest BCUT2D eigenvalue weighted by molar-refractivity contribution is -0.0518. The molecule has 1 rings (SSSR count). The van der Waals surface area contributed by atoms with Gasteiger partial charge in [0.25, 0.3) is 9.05 Å². The molecular weight excluding hydrogens is 292 g/mol. The average molecular weight is 298 g/mol. The Bertz CT molecular complexity index is 597. The third kappa shape index (κ3) is 3.21. The fraction of sp³-hybridized carbons (Fsp3) is 0.222. The maximum atomic E-state index is 12.2. The predicted octanol–water partition coefficient (Wildman–Crippen LogP) is 2.10. The summed E-state index contributed by atoms with van der Waals surface area (Å²) in [7, 11) is 1.85. The van der Waals surface area contributed by atoms with Gasteiger partial charge < -0.3 is 9.47 Å². The smallest absolute Gasteiger partial charge is 0.387 e. The zero-order chi connectivity index (χ0) is 13.9. The van der Waals surface area contributed by atoms with Gasteiger partial charge in [0.1, 0.15) is 5.75 Å². The molecule has 1 aromatic carbocycles. The van der Waals surface area contributed by atoms with E-state index in [4.69, 9.17) is 20.7 Å². The highest BCUT2D eigenvalue weighted by molar-refractivity contribution is 8.13. The van der Waals surface area contributed by atoms with Crippen molar-refractivity contribution in [2.75, 3.05) is 7.11 Å². The average Bonchev–Trinajstić information content (AvgIpc) is 2.25. The predicted molar refractivity (Wildman–Crippen MR) is 57.4 cm³/mol. The number of nitrogens with zero attached hydrogens (tertiary/aromatic N) is 1. The summed E-state index contributed by atoms with van der Waals surface area (Å²) >= 11 is 0. The molecular formula is C9H6ClF2NO4S. The van der Waals surface area contributed by atoms with E-state index in [9.17, 15) is 17.2 Å². The van der Waals surface area contributed by atoms with E-state index in [1.165, 1.54) is 0 Å². The lowest BCUT2D eigenvalue weighted by atomic mass is 10.2. The molecule has 0 saturated carbocycles. The van der Waals surface area contributed by atoms with Crippen LogP contribution in [0.2, 0.25) is 0 Å². The number of methoxy groups -OCH3 is 1. The van der Waals surface area contributed by atoms with Crippen LogP contribution in [-0.4, -0.2) is 22.1 Å². The second-order valence-corrected chi connectivity index (χ2v) is 5.44. The molecule has 0 fully saturated rings. The number of hydrogen-bond acceptors (Lipinski definition) is 5. The quantitative estimate of drug-likeness (QED) is 0.795. The number of rotatable bonds is 4. The van der Waals surface area contributed by atoms with E-state index >= 15 is 0 Å². The zero-order valence-electron chi connectivity index (χ0n) is 8.85. The van der Waals surface area contributed by atoms with Gasteiger partial charge >= 0.3 is 6.61 Å². The molecule has 0 atom stereocenters. The standard InChI is InChI=1S/C9H6ClF2NO4S/c1-16-6-2-5(4-13)3-7(17-9(11)12)8(6)18(10,14)15/h2-3,9H,1H3. The number of nitriles is 1. The molecule has 0 spiro atoms. The first-order valence-electron chi connectivity index (χ1n) is 4.31. The van der Waals surface area contributed by atoms with Crippen LogP contribution in [0.5, 0.6) is 11.5 Å². The Morgan fingerprint density at radius 3 is 2.33 bits per heavy atom. The molecule has 0 aliphatic carbocycles. The summed E-state index contributed by atoms with van der Waals surface area (Å²) in [5, 5.41) is 8.68. The Morgan fingerprint density at radius 2 is 1.94 bits per heavy atom. The van der Waals surface area contributed by atoms with Crippen LogP contribution in [0, 0.1) is 11.3 Å². The van der Waals surface area contributed by atoms with E-state index in [2.05, 4.69) is 4.74 Å². The minimum Gasteiger partial charge on any atom is -0.495 e. The van der Waals surface area contributed by atoms with Gasteiger partial charge in [-0.1, -0.05) is 0 Å². The molecule has 1 aromatic rings. The van der Waals surface area contributed by atoms with Crippen LogP contribution in [0.25, 0.3) is 0 Å². The molecule has 18 heavy (non-hydrogen) atoms. The van der Waals surface area contributed by atoms with Crippen molar-refractivity contribution in [1.82, 2.24) is 0 Å². The third-order valence-corrected chi connectivity index (χ3v) is 3.18. The molecule has 0 saturated heterocycles. The van der Waals surface area contributed by atoms with Crippen LogP contribution in [0.3, 0.4) is 0 Å². The number of halogens is 3. The summed E-state index contributed by atoms with van der Waals surface area (Å²) in [5.41, 5.74) is -0.105. The second-order valence-electron chi connectivity index (χ2n) is 2.93. The Balaban J connectivity index is 3.59. The number of ether oxygens (including phenoxy) is 2. The molecule has 0 aliphatic rings. The fourth-order valence-electron chi connectivity index (χ4n) is 1.22. The van der Waals surface area contributed by atoms with E-state index in [0.29, 0.717) is 0 Å². The van der Waals surface area contributed by atoms with Gasteiger partial charge in [-0.25, -0.2) is 8.42 Å². The summed E-state index contributed by atoms with van der Waals surface area (Å²) in [6.07, 6.45) is 0. The van der Waals surface area contributed by atoms with Crippen molar-refractivity contribution < 1.29 is 26.7 Å². The van der Waals surface area contributed by atoms with Crippen molar-refractivity contribution in [1.29, 1.82) is 5.26 Å². The van der Waals surface area contributed by atoms with Gasteiger partial charge in [-0.15, -0.1) is 0 Å². The highest BCUT2D eigenvalue weighted by Gasteiger charge is 2.26. The third-order valence-electron chi connectivity index (χ3n) is 1.83. The molecule has 5 nitrogen and oxygen atoms in total. The van der Waals surface area contributed by atoms with Crippen molar-refractivity contribution in [2.24, 2.45) is 0 Å². The maximum Gasteiger partial charge on any atom is 0.387 e.